The van der Waals surface area contributed by atoms with Crippen molar-refractivity contribution in [1.82, 2.24) is 0 Å². The molecule has 9 heavy (non-hydrogen) atoms. The SMILES string of the molecule is C=CCOS(=S)C=CC. The molecule has 0 N–H and O–H groups in total. The quantitative estimate of drug-likeness (QED) is 0.582. The van der Waals surface area contributed by atoms with Crippen LogP contribution in [-0.4, -0.2) is 6.61 Å². The van der Waals surface area contributed by atoms with E-state index in [9.17, 15) is 0 Å². The first-order valence-electron chi connectivity index (χ1n) is 2.58. The summed E-state index contributed by atoms with van der Waals surface area (Å²) in [6, 6.07) is 0. The molecule has 0 amide bonds. The molecule has 0 aliphatic carbocycles. The van der Waals surface area contributed by atoms with Gasteiger partial charge in [0.1, 0.15) is 0 Å². The van der Waals surface area contributed by atoms with E-state index in [2.05, 4.69) is 6.58 Å². The van der Waals surface area contributed by atoms with Gasteiger partial charge in [0, 0.05) is 9.74 Å². The molecular weight excluding hydrogens is 152 g/mol. The van der Waals surface area contributed by atoms with Gasteiger partial charge < -0.3 is 4.18 Å². The van der Waals surface area contributed by atoms with Gasteiger partial charge in [0.15, 0.2) is 0 Å². The third-order valence-corrected chi connectivity index (χ3v) is 2.03. The number of hydrogen-bond acceptors (Lipinski definition) is 2. The van der Waals surface area contributed by atoms with Gasteiger partial charge in [0.25, 0.3) is 0 Å². The fraction of sp³-hybridized carbons (Fsp3) is 0.333. The molecule has 0 aliphatic heterocycles. The molecule has 0 rings (SSSR count). The van der Waals surface area contributed by atoms with Crippen molar-refractivity contribution in [3.05, 3.63) is 24.1 Å². The van der Waals surface area contributed by atoms with Crippen LogP contribution in [0.1, 0.15) is 6.92 Å². The lowest BCUT2D eigenvalue weighted by Gasteiger charge is -1.94. The fourth-order valence-corrected chi connectivity index (χ4v) is 1.30. The Hall–Kier alpha value is 0.0100. The molecule has 0 aliphatic rings. The molecule has 0 aromatic heterocycles. The maximum absolute atomic E-state index is 5.07. The van der Waals surface area contributed by atoms with E-state index in [-0.39, 0.29) is 0 Å². The minimum absolute atomic E-state index is 0.438. The smallest absolute Gasteiger partial charge is 0.0800 e. The standard InChI is InChI=1S/C6H10OS2/c1-3-5-7-9(8)6-4-2/h3-4,6H,1,5H2,2H3. The molecule has 0 aromatic carbocycles. The Morgan fingerprint density at radius 1 is 1.78 bits per heavy atom. The molecule has 0 fully saturated rings. The van der Waals surface area contributed by atoms with Crippen LogP contribution in [0, 0.1) is 0 Å². The van der Waals surface area contributed by atoms with Crippen molar-refractivity contribution >= 4 is 20.9 Å². The van der Waals surface area contributed by atoms with Gasteiger partial charge in [-0.2, -0.15) is 0 Å². The van der Waals surface area contributed by atoms with Crippen LogP contribution in [-0.2, 0) is 25.1 Å². The van der Waals surface area contributed by atoms with Crippen molar-refractivity contribution in [2.24, 2.45) is 0 Å². The third-order valence-electron chi connectivity index (χ3n) is 0.549. The molecule has 1 atom stereocenters. The van der Waals surface area contributed by atoms with E-state index in [1.165, 1.54) is 0 Å². The van der Waals surface area contributed by atoms with Crippen molar-refractivity contribution in [1.29, 1.82) is 0 Å². The number of rotatable bonds is 4. The molecule has 1 nitrogen and oxygen atoms in total. The molecule has 1 unspecified atom stereocenters. The van der Waals surface area contributed by atoms with Gasteiger partial charge in [-0.1, -0.05) is 12.2 Å². The van der Waals surface area contributed by atoms with Crippen LogP contribution in [0.3, 0.4) is 0 Å². The van der Waals surface area contributed by atoms with E-state index in [1.54, 1.807) is 6.08 Å². The van der Waals surface area contributed by atoms with E-state index >= 15 is 0 Å². The maximum Gasteiger partial charge on any atom is 0.0800 e. The molecule has 0 spiro atoms. The first kappa shape index (κ1) is 9.01. The van der Waals surface area contributed by atoms with Crippen LogP contribution in [0.25, 0.3) is 0 Å². The van der Waals surface area contributed by atoms with E-state index in [4.69, 9.17) is 15.4 Å². The molecule has 52 valence electrons. The Labute approximate surface area is 63.2 Å². The van der Waals surface area contributed by atoms with Crippen LogP contribution >= 0.6 is 0 Å². The van der Waals surface area contributed by atoms with Crippen LogP contribution in [0.15, 0.2) is 24.1 Å². The average Bonchev–Trinajstić information content (AvgIpc) is 1.85. The molecule has 0 saturated carbocycles. The Morgan fingerprint density at radius 3 is 2.89 bits per heavy atom. The van der Waals surface area contributed by atoms with Crippen molar-refractivity contribution in [3.8, 4) is 0 Å². The maximum atomic E-state index is 5.07. The van der Waals surface area contributed by atoms with Crippen molar-refractivity contribution in [2.45, 2.75) is 6.92 Å². The minimum atomic E-state index is -0.438. The third kappa shape index (κ3) is 5.89. The summed E-state index contributed by atoms with van der Waals surface area (Å²) in [6.07, 6.45) is 3.58. The second kappa shape index (κ2) is 6.13. The largest absolute Gasteiger partial charge is 0.304 e. The summed E-state index contributed by atoms with van der Waals surface area (Å²) >= 11 is 4.87. The van der Waals surface area contributed by atoms with E-state index in [0.717, 1.165) is 0 Å². The number of hydrogen-bond donors (Lipinski definition) is 0. The molecule has 0 bridgehead atoms. The van der Waals surface area contributed by atoms with Crippen LogP contribution in [0.4, 0.5) is 0 Å². The summed E-state index contributed by atoms with van der Waals surface area (Å²) < 4.78 is 5.07. The second-order valence-corrected chi connectivity index (χ2v) is 3.32. The second-order valence-electron chi connectivity index (χ2n) is 1.30. The summed E-state index contributed by atoms with van der Waals surface area (Å²) in [7, 11) is -0.438. The van der Waals surface area contributed by atoms with Crippen LogP contribution < -0.4 is 0 Å². The predicted octanol–water partition coefficient (Wildman–Crippen LogP) is 1.72. The highest BCUT2D eigenvalue weighted by Gasteiger charge is 1.82. The predicted molar refractivity (Wildman–Crippen MR) is 45.7 cm³/mol. The minimum Gasteiger partial charge on any atom is -0.304 e. The van der Waals surface area contributed by atoms with Gasteiger partial charge in [0.05, 0.1) is 6.61 Å². The Kier molecular flexibility index (Phi) is 6.14. The monoisotopic (exact) mass is 162 g/mol. The summed E-state index contributed by atoms with van der Waals surface area (Å²) in [4.78, 5) is 0. The highest BCUT2D eigenvalue weighted by atomic mass is 32.8. The molecular formula is C6H10OS2. The molecule has 0 heterocycles. The van der Waals surface area contributed by atoms with Gasteiger partial charge in [-0.3, -0.25) is 0 Å². The van der Waals surface area contributed by atoms with Gasteiger partial charge in [0.2, 0.25) is 0 Å². The highest BCUT2D eigenvalue weighted by Crippen LogP contribution is 1.88. The Morgan fingerprint density at radius 2 is 2.44 bits per heavy atom. The molecule has 0 radical (unpaired) electrons. The lowest BCUT2D eigenvalue weighted by molar-refractivity contribution is 0.428. The molecule has 0 aromatic rings. The Bertz CT molecular complexity index is 129. The molecule has 3 heteroatoms. The number of allylic oxidation sites excluding steroid dienone is 1. The fourth-order valence-electron chi connectivity index (χ4n) is 0.266. The van der Waals surface area contributed by atoms with Crippen LogP contribution in [0.2, 0.25) is 0 Å². The zero-order valence-electron chi connectivity index (χ0n) is 5.37. The van der Waals surface area contributed by atoms with E-state index in [0.29, 0.717) is 6.61 Å². The zero-order chi connectivity index (χ0) is 7.11. The van der Waals surface area contributed by atoms with E-state index in [1.807, 2.05) is 18.4 Å². The van der Waals surface area contributed by atoms with Gasteiger partial charge >= 0.3 is 0 Å². The van der Waals surface area contributed by atoms with E-state index < -0.39 is 9.74 Å². The van der Waals surface area contributed by atoms with Gasteiger partial charge in [-0.05, 0) is 23.5 Å². The summed E-state index contributed by atoms with van der Waals surface area (Å²) in [6.45, 7) is 5.96. The average molecular weight is 162 g/mol. The molecule has 0 saturated heterocycles. The van der Waals surface area contributed by atoms with Crippen molar-refractivity contribution in [3.63, 3.8) is 0 Å². The van der Waals surface area contributed by atoms with Gasteiger partial charge in [-0.15, -0.1) is 6.58 Å². The Balaban J connectivity index is 3.38. The summed E-state index contributed by atoms with van der Waals surface area (Å²) in [5.74, 6) is 0. The van der Waals surface area contributed by atoms with Crippen molar-refractivity contribution < 1.29 is 4.18 Å². The summed E-state index contributed by atoms with van der Waals surface area (Å²) in [5.41, 5.74) is 0. The van der Waals surface area contributed by atoms with Crippen LogP contribution in [0.5, 0.6) is 0 Å². The van der Waals surface area contributed by atoms with Crippen molar-refractivity contribution in [2.75, 3.05) is 6.61 Å². The first-order chi connectivity index (χ1) is 4.31. The highest BCUT2D eigenvalue weighted by molar-refractivity contribution is 8.27. The topological polar surface area (TPSA) is 9.23 Å². The normalized spacial score (nSPS) is 13.9. The lowest BCUT2D eigenvalue weighted by Crippen LogP contribution is -1.90. The zero-order valence-corrected chi connectivity index (χ0v) is 7.00. The lowest BCUT2D eigenvalue weighted by atomic mass is 10.7. The first-order valence-corrected chi connectivity index (χ1v) is 4.72. The van der Waals surface area contributed by atoms with Gasteiger partial charge in [-0.25, -0.2) is 0 Å². The summed E-state index contributed by atoms with van der Waals surface area (Å²) in [5, 5.41) is 1.85.